The molecular weight excluding hydrogens is 308 g/mol. The largest absolute Gasteiger partial charge is 0.385 e. The van der Waals surface area contributed by atoms with Crippen LogP contribution in [-0.4, -0.2) is 25.4 Å². The van der Waals surface area contributed by atoms with Gasteiger partial charge in [0, 0.05) is 11.7 Å². The topological polar surface area (TPSA) is 54.4 Å². The van der Waals surface area contributed by atoms with Crippen molar-refractivity contribution >= 4 is 9.84 Å². The standard InChI is InChI=1S/C19H36O3S/c1-3-4-5-6-7-8-9-11-14-18(17-23(2,21)22)19(20)15-12-10-13-16-19/h17,20H,3-16H2,1-2H3/b18-17+. The van der Waals surface area contributed by atoms with Crippen LogP contribution in [0.5, 0.6) is 0 Å². The van der Waals surface area contributed by atoms with Gasteiger partial charge in [0.1, 0.15) is 0 Å². The summed E-state index contributed by atoms with van der Waals surface area (Å²) < 4.78 is 23.3. The molecule has 1 aliphatic carbocycles. The molecular formula is C19H36O3S. The van der Waals surface area contributed by atoms with Gasteiger partial charge in [-0.3, -0.25) is 0 Å². The van der Waals surface area contributed by atoms with Gasteiger partial charge in [0.25, 0.3) is 0 Å². The summed E-state index contributed by atoms with van der Waals surface area (Å²) >= 11 is 0. The zero-order valence-corrected chi connectivity index (χ0v) is 16.0. The van der Waals surface area contributed by atoms with Crippen LogP contribution in [0.3, 0.4) is 0 Å². The van der Waals surface area contributed by atoms with E-state index in [1.165, 1.54) is 50.2 Å². The number of hydrogen-bond donors (Lipinski definition) is 1. The molecule has 0 unspecified atom stereocenters. The average molecular weight is 345 g/mol. The third kappa shape index (κ3) is 8.90. The molecule has 136 valence electrons. The fourth-order valence-corrected chi connectivity index (χ4v) is 4.42. The van der Waals surface area contributed by atoms with E-state index in [1.54, 1.807) is 0 Å². The van der Waals surface area contributed by atoms with Crippen LogP contribution in [0.1, 0.15) is 96.8 Å². The van der Waals surface area contributed by atoms with Crippen molar-refractivity contribution in [2.45, 2.75) is 102 Å². The van der Waals surface area contributed by atoms with Crippen LogP contribution in [-0.2, 0) is 9.84 Å². The van der Waals surface area contributed by atoms with Crippen molar-refractivity contribution in [3.63, 3.8) is 0 Å². The second-order valence-corrected chi connectivity index (χ2v) is 9.18. The summed E-state index contributed by atoms with van der Waals surface area (Å²) in [4.78, 5) is 0. The Morgan fingerprint density at radius 1 is 0.957 bits per heavy atom. The van der Waals surface area contributed by atoms with Crippen LogP contribution < -0.4 is 0 Å². The minimum absolute atomic E-state index is 0.714. The van der Waals surface area contributed by atoms with E-state index in [2.05, 4.69) is 6.92 Å². The predicted octanol–water partition coefficient (Wildman–Crippen LogP) is 5.14. The van der Waals surface area contributed by atoms with Gasteiger partial charge in [-0.15, -0.1) is 0 Å². The number of sulfone groups is 1. The van der Waals surface area contributed by atoms with E-state index in [4.69, 9.17) is 0 Å². The van der Waals surface area contributed by atoms with E-state index < -0.39 is 15.4 Å². The first kappa shape index (κ1) is 20.7. The summed E-state index contributed by atoms with van der Waals surface area (Å²) in [5.41, 5.74) is -0.117. The lowest BCUT2D eigenvalue weighted by atomic mass is 9.78. The maximum Gasteiger partial charge on any atom is 0.168 e. The smallest absolute Gasteiger partial charge is 0.168 e. The van der Waals surface area contributed by atoms with Crippen molar-refractivity contribution in [3.8, 4) is 0 Å². The van der Waals surface area contributed by atoms with Crippen molar-refractivity contribution < 1.29 is 13.5 Å². The zero-order valence-electron chi connectivity index (χ0n) is 15.1. The van der Waals surface area contributed by atoms with Gasteiger partial charge in [-0.25, -0.2) is 8.42 Å². The predicted molar refractivity (Wildman–Crippen MR) is 98.2 cm³/mol. The van der Waals surface area contributed by atoms with Gasteiger partial charge in [-0.2, -0.15) is 0 Å². The van der Waals surface area contributed by atoms with Crippen LogP contribution >= 0.6 is 0 Å². The molecule has 1 saturated carbocycles. The maximum atomic E-state index is 11.7. The molecule has 23 heavy (non-hydrogen) atoms. The molecule has 0 heterocycles. The quantitative estimate of drug-likeness (QED) is 0.528. The molecule has 0 bridgehead atoms. The average Bonchev–Trinajstić information content (AvgIpc) is 2.48. The summed E-state index contributed by atoms with van der Waals surface area (Å²) in [6, 6.07) is 0. The number of rotatable bonds is 11. The van der Waals surface area contributed by atoms with Gasteiger partial charge in [0.05, 0.1) is 5.60 Å². The van der Waals surface area contributed by atoms with Crippen molar-refractivity contribution in [1.82, 2.24) is 0 Å². The Bertz CT molecular complexity index is 445. The highest BCUT2D eigenvalue weighted by molar-refractivity contribution is 7.93. The fourth-order valence-electron chi connectivity index (χ4n) is 3.57. The van der Waals surface area contributed by atoms with Gasteiger partial charge < -0.3 is 5.11 Å². The lowest BCUT2D eigenvalue weighted by Crippen LogP contribution is -2.34. The Balaban J connectivity index is 2.44. The van der Waals surface area contributed by atoms with Crippen molar-refractivity contribution in [3.05, 3.63) is 11.0 Å². The van der Waals surface area contributed by atoms with Gasteiger partial charge in [-0.05, 0) is 31.3 Å². The van der Waals surface area contributed by atoms with Crippen LogP contribution in [0.2, 0.25) is 0 Å². The Kier molecular flexibility index (Phi) is 9.45. The summed E-state index contributed by atoms with van der Waals surface area (Å²) in [6.45, 7) is 2.23. The van der Waals surface area contributed by atoms with Crippen LogP contribution in [0, 0.1) is 0 Å². The normalized spacial score (nSPS) is 19.0. The molecule has 0 aromatic carbocycles. The molecule has 1 rings (SSSR count). The van der Waals surface area contributed by atoms with Gasteiger partial charge >= 0.3 is 0 Å². The second kappa shape index (κ2) is 10.5. The van der Waals surface area contributed by atoms with Gasteiger partial charge in [0.2, 0.25) is 0 Å². The summed E-state index contributed by atoms with van der Waals surface area (Å²) in [6.07, 6.45) is 16.4. The molecule has 0 amide bonds. The minimum atomic E-state index is -3.19. The third-order valence-corrected chi connectivity index (χ3v) is 5.65. The maximum absolute atomic E-state index is 11.7. The molecule has 0 spiro atoms. The molecule has 0 aromatic heterocycles. The van der Waals surface area contributed by atoms with Gasteiger partial charge in [-0.1, -0.05) is 71.1 Å². The molecule has 0 atom stereocenters. The molecule has 4 heteroatoms. The number of hydrogen-bond acceptors (Lipinski definition) is 3. The van der Waals surface area contributed by atoms with E-state index in [0.29, 0.717) is 12.8 Å². The molecule has 0 saturated heterocycles. The SMILES string of the molecule is CCCCCCCCCC/C(=C\S(C)(=O)=O)C1(O)CCCCC1. The highest BCUT2D eigenvalue weighted by Gasteiger charge is 2.33. The molecule has 0 aromatic rings. The van der Waals surface area contributed by atoms with Crippen molar-refractivity contribution in [1.29, 1.82) is 0 Å². The molecule has 1 aliphatic rings. The zero-order chi connectivity index (χ0) is 17.2. The van der Waals surface area contributed by atoms with E-state index in [0.717, 1.165) is 44.1 Å². The van der Waals surface area contributed by atoms with Crippen LogP contribution in [0.25, 0.3) is 0 Å². The lowest BCUT2D eigenvalue weighted by Gasteiger charge is -2.34. The molecule has 0 aliphatic heterocycles. The molecule has 1 fully saturated rings. The lowest BCUT2D eigenvalue weighted by molar-refractivity contribution is 0.0363. The molecule has 1 N–H and O–H groups in total. The summed E-state index contributed by atoms with van der Waals surface area (Å²) in [5, 5.41) is 12.2. The van der Waals surface area contributed by atoms with Gasteiger partial charge in [0.15, 0.2) is 9.84 Å². The van der Waals surface area contributed by atoms with E-state index in [1.807, 2.05) is 0 Å². The summed E-state index contributed by atoms with van der Waals surface area (Å²) in [7, 11) is -3.19. The minimum Gasteiger partial charge on any atom is -0.385 e. The first-order chi connectivity index (χ1) is 10.9. The Labute approximate surface area is 143 Å². The fraction of sp³-hybridized carbons (Fsp3) is 0.895. The molecule has 3 nitrogen and oxygen atoms in total. The number of aliphatic hydroxyl groups is 1. The first-order valence-electron chi connectivity index (χ1n) is 9.51. The van der Waals surface area contributed by atoms with Crippen LogP contribution in [0.15, 0.2) is 11.0 Å². The Morgan fingerprint density at radius 2 is 1.48 bits per heavy atom. The van der Waals surface area contributed by atoms with E-state index in [9.17, 15) is 13.5 Å². The molecule has 0 radical (unpaired) electrons. The summed E-state index contributed by atoms with van der Waals surface area (Å²) in [5.74, 6) is 0. The number of unbranched alkanes of at least 4 members (excludes halogenated alkanes) is 7. The van der Waals surface area contributed by atoms with E-state index in [-0.39, 0.29) is 0 Å². The van der Waals surface area contributed by atoms with Crippen molar-refractivity contribution in [2.24, 2.45) is 0 Å². The third-order valence-electron chi connectivity index (χ3n) is 4.93. The van der Waals surface area contributed by atoms with Crippen LogP contribution in [0.4, 0.5) is 0 Å². The Hall–Kier alpha value is -0.350. The van der Waals surface area contributed by atoms with Crippen molar-refractivity contribution in [2.75, 3.05) is 6.26 Å². The van der Waals surface area contributed by atoms with E-state index >= 15 is 0 Å². The Morgan fingerprint density at radius 3 is 2.00 bits per heavy atom. The highest BCUT2D eigenvalue weighted by Crippen LogP contribution is 2.37. The monoisotopic (exact) mass is 344 g/mol. The second-order valence-electron chi connectivity index (χ2n) is 7.29. The highest BCUT2D eigenvalue weighted by atomic mass is 32.2. The first-order valence-corrected chi connectivity index (χ1v) is 11.5.